The van der Waals surface area contributed by atoms with E-state index in [0.29, 0.717) is 5.92 Å². The van der Waals surface area contributed by atoms with Crippen LogP contribution in [-0.2, 0) is 12.8 Å². The van der Waals surface area contributed by atoms with Gasteiger partial charge in [0.1, 0.15) is 0 Å². The third-order valence-electron chi connectivity index (χ3n) is 4.12. The second kappa shape index (κ2) is 9.18. The fraction of sp³-hybridized carbons (Fsp3) is 0.684. The van der Waals surface area contributed by atoms with Gasteiger partial charge in [-0.2, -0.15) is 0 Å². The lowest BCUT2D eigenvalue weighted by atomic mass is 9.90. The van der Waals surface area contributed by atoms with E-state index in [1.54, 1.807) is 0 Å². The summed E-state index contributed by atoms with van der Waals surface area (Å²) in [7, 11) is 0. The fourth-order valence-corrected chi connectivity index (χ4v) is 2.84. The van der Waals surface area contributed by atoms with Gasteiger partial charge in [0.05, 0.1) is 0 Å². The van der Waals surface area contributed by atoms with E-state index in [1.807, 2.05) is 0 Å². The minimum absolute atomic E-state index is 0.648. The van der Waals surface area contributed by atoms with E-state index in [-0.39, 0.29) is 0 Å². The van der Waals surface area contributed by atoms with Crippen LogP contribution in [0.4, 0.5) is 0 Å². The maximum Gasteiger partial charge on any atom is -0.00457 e. The smallest absolute Gasteiger partial charge is 0.00457 e. The molecule has 2 N–H and O–H groups in total. The van der Waals surface area contributed by atoms with Crippen LogP contribution in [0.5, 0.6) is 0 Å². The highest BCUT2D eigenvalue weighted by molar-refractivity contribution is 5.31. The molecule has 0 amide bonds. The van der Waals surface area contributed by atoms with Crippen LogP contribution in [0.1, 0.15) is 63.1 Å². The molecule has 1 aromatic carbocycles. The normalized spacial score (nSPS) is 12.9. The Labute approximate surface area is 126 Å². The highest BCUT2D eigenvalue weighted by atomic mass is 14.5. The fourth-order valence-electron chi connectivity index (χ4n) is 2.84. The molecular weight excluding hydrogens is 242 g/mol. The predicted octanol–water partition coefficient (Wildman–Crippen LogP) is 4.89. The van der Waals surface area contributed by atoms with Gasteiger partial charge < -0.3 is 5.73 Å². The van der Waals surface area contributed by atoms with E-state index in [4.69, 9.17) is 5.73 Å². The molecule has 1 atom stereocenters. The van der Waals surface area contributed by atoms with Crippen molar-refractivity contribution in [3.63, 3.8) is 0 Å². The largest absolute Gasteiger partial charge is 0.330 e. The highest BCUT2D eigenvalue weighted by Gasteiger charge is 2.10. The Balaban J connectivity index is 2.68. The zero-order valence-electron chi connectivity index (χ0n) is 13.9. The summed E-state index contributed by atoms with van der Waals surface area (Å²) >= 11 is 0. The Hall–Kier alpha value is -0.820. The zero-order valence-corrected chi connectivity index (χ0v) is 13.9. The van der Waals surface area contributed by atoms with Crippen LogP contribution in [0.3, 0.4) is 0 Å². The van der Waals surface area contributed by atoms with Gasteiger partial charge in [0.25, 0.3) is 0 Å². The zero-order chi connectivity index (χ0) is 15.0. The number of nitrogens with two attached hydrogens (primary N) is 1. The van der Waals surface area contributed by atoms with E-state index >= 15 is 0 Å². The molecule has 1 aromatic rings. The van der Waals surface area contributed by atoms with E-state index < -0.39 is 0 Å². The molecular formula is C19H33N. The first-order valence-electron chi connectivity index (χ1n) is 8.35. The molecule has 0 saturated carbocycles. The third-order valence-corrected chi connectivity index (χ3v) is 4.12. The van der Waals surface area contributed by atoms with Gasteiger partial charge >= 0.3 is 0 Å². The van der Waals surface area contributed by atoms with Crippen molar-refractivity contribution in [3.8, 4) is 0 Å². The van der Waals surface area contributed by atoms with Gasteiger partial charge in [-0.25, -0.2) is 0 Å². The molecule has 0 aliphatic carbocycles. The molecule has 114 valence electrons. The minimum Gasteiger partial charge on any atom is -0.330 e. The van der Waals surface area contributed by atoms with Crippen LogP contribution in [-0.4, -0.2) is 6.54 Å². The molecule has 1 nitrogen and oxygen atoms in total. The lowest BCUT2D eigenvalue weighted by molar-refractivity contribution is 0.464. The van der Waals surface area contributed by atoms with Crippen molar-refractivity contribution < 1.29 is 0 Å². The quantitative estimate of drug-likeness (QED) is 0.638. The number of aryl methyl sites for hydroxylation is 1. The molecule has 0 radical (unpaired) electrons. The molecule has 0 bridgehead atoms. The van der Waals surface area contributed by atoms with Crippen molar-refractivity contribution in [1.29, 1.82) is 0 Å². The number of hydrogen-bond donors (Lipinski definition) is 1. The summed E-state index contributed by atoms with van der Waals surface area (Å²) in [6.07, 6.45) is 7.55. The first-order chi connectivity index (χ1) is 9.56. The summed E-state index contributed by atoms with van der Waals surface area (Å²) in [6.45, 7) is 9.88. The third kappa shape index (κ3) is 6.09. The lowest BCUT2D eigenvalue weighted by Gasteiger charge is -2.17. The van der Waals surface area contributed by atoms with E-state index in [9.17, 15) is 0 Å². The van der Waals surface area contributed by atoms with Crippen LogP contribution in [0.25, 0.3) is 0 Å². The lowest BCUT2D eigenvalue weighted by Crippen LogP contribution is -2.17. The van der Waals surface area contributed by atoms with Gasteiger partial charge in [0.15, 0.2) is 0 Å². The van der Waals surface area contributed by atoms with Crippen molar-refractivity contribution in [2.24, 2.45) is 17.6 Å². The molecule has 0 aromatic heterocycles. The van der Waals surface area contributed by atoms with Gasteiger partial charge in [0.2, 0.25) is 0 Å². The summed E-state index contributed by atoms with van der Waals surface area (Å²) in [5, 5.41) is 0. The average molecular weight is 275 g/mol. The molecule has 1 heteroatoms. The van der Waals surface area contributed by atoms with E-state index in [2.05, 4.69) is 45.9 Å². The van der Waals surface area contributed by atoms with Gasteiger partial charge in [-0.3, -0.25) is 0 Å². The Morgan fingerprint density at radius 3 is 2.45 bits per heavy atom. The molecule has 0 heterocycles. The van der Waals surface area contributed by atoms with Crippen LogP contribution >= 0.6 is 0 Å². The van der Waals surface area contributed by atoms with Gasteiger partial charge in [-0.1, -0.05) is 58.2 Å². The summed E-state index contributed by atoms with van der Waals surface area (Å²) in [6, 6.07) is 6.98. The second-order valence-electron chi connectivity index (χ2n) is 6.66. The molecule has 0 aliphatic heterocycles. The van der Waals surface area contributed by atoms with Crippen LogP contribution in [0.15, 0.2) is 18.2 Å². The van der Waals surface area contributed by atoms with Crippen molar-refractivity contribution in [2.45, 2.75) is 66.2 Å². The maximum absolute atomic E-state index is 5.97. The number of hydrogen-bond acceptors (Lipinski definition) is 1. The Bertz CT molecular complexity index is 381. The first kappa shape index (κ1) is 17.2. The monoisotopic (exact) mass is 275 g/mol. The number of unbranched alkanes of at least 4 members (excludes halogenated alkanes) is 2. The van der Waals surface area contributed by atoms with Crippen LogP contribution in [0, 0.1) is 18.8 Å². The standard InChI is InChI=1S/C19H33N/c1-5-6-7-8-18(14-20)13-19-12-17(11-15(2)3)10-9-16(19)4/h9-10,12,15,18H,5-8,11,13-14,20H2,1-4H3. The van der Waals surface area contributed by atoms with Gasteiger partial charge in [0, 0.05) is 0 Å². The average Bonchev–Trinajstić information content (AvgIpc) is 2.40. The topological polar surface area (TPSA) is 26.0 Å². The van der Waals surface area contributed by atoms with Crippen molar-refractivity contribution >= 4 is 0 Å². The minimum atomic E-state index is 0.648. The van der Waals surface area contributed by atoms with Crippen molar-refractivity contribution in [3.05, 3.63) is 34.9 Å². The van der Waals surface area contributed by atoms with Gasteiger partial charge in [-0.05, 0) is 61.3 Å². The summed E-state index contributed by atoms with van der Waals surface area (Å²) in [5.74, 6) is 1.37. The predicted molar refractivity (Wildman–Crippen MR) is 90.1 cm³/mol. The maximum atomic E-state index is 5.97. The molecule has 0 spiro atoms. The molecule has 0 fully saturated rings. The molecule has 0 aliphatic rings. The Morgan fingerprint density at radius 2 is 1.85 bits per heavy atom. The van der Waals surface area contributed by atoms with Crippen molar-refractivity contribution in [1.82, 2.24) is 0 Å². The Morgan fingerprint density at radius 1 is 1.10 bits per heavy atom. The number of rotatable bonds is 9. The molecule has 1 rings (SSSR count). The molecule has 1 unspecified atom stereocenters. The van der Waals surface area contributed by atoms with Crippen LogP contribution in [0.2, 0.25) is 0 Å². The summed E-state index contributed by atoms with van der Waals surface area (Å²) in [5.41, 5.74) is 10.4. The van der Waals surface area contributed by atoms with Gasteiger partial charge in [-0.15, -0.1) is 0 Å². The molecule has 20 heavy (non-hydrogen) atoms. The second-order valence-corrected chi connectivity index (χ2v) is 6.66. The van der Waals surface area contributed by atoms with Crippen LogP contribution < -0.4 is 5.73 Å². The van der Waals surface area contributed by atoms with E-state index in [1.165, 1.54) is 48.8 Å². The first-order valence-corrected chi connectivity index (χ1v) is 8.35. The SMILES string of the molecule is CCCCCC(CN)Cc1cc(CC(C)C)ccc1C. The Kier molecular flexibility index (Phi) is 7.91. The van der Waals surface area contributed by atoms with Crippen molar-refractivity contribution in [2.75, 3.05) is 6.54 Å². The van der Waals surface area contributed by atoms with E-state index in [0.717, 1.165) is 18.9 Å². The summed E-state index contributed by atoms with van der Waals surface area (Å²) in [4.78, 5) is 0. The molecule has 0 saturated heterocycles. The highest BCUT2D eigenvalue weighted by Crippen LogP contribution is 2.20. The summed E-state index contributed by atoms with van der Waals surface area (Å²) < 4.78 is 0. The number of benzene rings is 1.